The van der Waals surface area contributed by atoms with E-state index in [0.29, 0.717) is 30.8 Å². The second kappa shape index (κ2) is 11.3. The van der Waals surface area contributed by atoms with E-state index in [1.165, 1.54) is 11.8 Å². The molecule has 1 fully saturated rings. The topological polar surface area (TPSA) is 91.3 Å². The third-order valence-electron chi connectivity index (χ3n) is 6.36. The molecule has 4 rings (SSSR count). The molecule has 0 aliphatic carbocycles. The van der Waals surface area contributed by atoms with Gasteiger partial charge in [-0.25, -0.2) is 9.79 Å². The van der Waals surface area contributed by atoms with E-state index in [2.05, 4.69) is 11.4 Å². The Morgan fingerprint density at radius 2 is 2.08 bits per heavy atom. The monoisotopic (exact) mass is 510 g/mol. The van der Waals surface area contributed by atoms with Crippen molar-refractivity contribution in [2.75, 3.05) is 19.6 Å². The Morgan fingerprint density at radius 1 is 1.28 bits per heavy atom. The third-order valence-corrected chi connectivity index (χ3v) is 7.25. The molecule has 0 spiro atoms. The van der Waals surface area contributed by atoms with Gasteiger partial charge in [0.1, 0.15) is 0 Å². The number of esters is 1. The minimum Gasteiger partial charge on any atom is -0.459 e. The first-order chi connectivity index (χ1) is 17.2. The van der Waals surface area contributed by atoms with Gasteiger partial charge in [0, 0.05) is 31.8 Å². The summed E-state index contributed by atoms with van der Waals surface area (Å²) in [7, 11) is 0. The number of fused-ring (bicyclic) bond motifs is 1. The number of aryl methyl sites for hydroxylation is 1. The Bertz CT molecular complexity index is 1140. The highest BCUT2D eigenvalue weighted by molar-refractivity contribution is 8.16. The molecular formula is C27H34N4O4S. The van der Waals surface area contributed by atoms with E-state index < -0.39 is 12.0 Å². The van der Waals surface area contributed by atoms with Gasteiger partial charge in [0.05, 0.1) is 29.8 Å². The number of allylic oxidation sites excluding steroid dienone is 1. The van der Waals surface area contributed by atoms with Gasteiger partial charge < -0.3 is 19.9 Å². The zero-order chi connectivity index (χ0) is 25.8. The largest absolute Gasteiger partial charge is 0.459 e. The maximum absolute atomic E-state index is 13.2. The first kappa shape index (κ1) is 26.0. The molecule has 1 aromatic rings. The molecule has 1 N–H and O–H groups in total. The summed E-state index contributed by atoms with van der Waals surface area (Å²) in [6, 6.07) is 7.61. The van der Waals surface area contributed by atoms with Gasteiger partial charge in [-0.3, -0.25) is 9.59 Å². The summed E-state index contributed by atoms with van der Waals surface area (Å²) in [5.41, 5.74) is 3.93. The summed E-state index contributed by atoms with van der Waals surface area (Å²) in [6.07, 6.45) is 2.18. The van der Waals surface area contributed by atoms with E-state index in [1.54, 1.807) is 0 Å². The van der Waals surface area contributed by atoms with Crippen LogP contribution in [0, 0.1) is 6.92 Å². The van der Waals surface area contributed by atoms with Gasteiger partial charge in [-0.2, -0.15) is 0 Å². The van der Waals surface area contributed by atoms with Crippen molar-refractivity contribution in [3.8, 4) is 0 Å². The van der Waals surface area contributed by atoms with Crippen molar-refractivity contribution in [3.05, 3.63) is 57.8 Å². The van der Waals surface area contributed by atoms with Gasteiger partial charge in [0.2, 0.25) is 11.8 Å². The van der Waals surface area contributed by atoms with Crippen LogP contribution in [0.5, 0.6) is 0 Å². The van der Waals surface area contributed by atoms with Gasteiger partial charge in [-0.15, -0.1) is 0 Å². The molecule has 1 atom stereocenters. The van der Waals surface area contributed by atoms with E-state index in [1.807, 2.05) is 61.1 Å². The minimum absolute atomic E-state index is 0.101. The predicted octanol–water partition coefficient (Wildman–Crippen LogP) is 4.04. The molecule has 0 radical (unpaired) electrons. The molecule has 3 aliphatic rings. The number of aliphatic imine (C=N–C) groups is 1. The Labute approximate surface area is 216 Å². The van der Waals surface area contributed by atoms with Crippen LogP contribution in [-0.4, -0.2) is 58.5 Å². The average Bonchev–Trinajstić information content (AvgIpc) is 3.40. The Balaban J connectivity index is 1.49. The first-order valence-electron chi connectivity index (χ1n) is 12.5. The molecule has 0 unspecified atom stereocenters. The Hall–Kier alpha value is -3.07. The predicted molar refractivity (Wildman–Crippen MR) is 141 cm³/mol. The molecule has 2 amide bonds. The van der Waals surface area contributed by atoms with Crippen LogP contribution in [0.15, 0.2) is 51.6 Å². The fourth-order valence-electron chi connectivity index (χ4n) is 4.73. The summed E-state index contributed by atoms with van der Waals surface area (Å²) in [6.45, 7) is 9.49. The highest BCUT2D eigenvalue weighted by Crippen LogP contribution is 2.45. The lowest BCUT2D eigenvalue weighted by atomic mass is 9.93. The summed E-state index contributed by atoms with van der Waals surface area (Å²) < 4.78 is 5.60. The normalized spacial score (nSPS) is 19.5. The van der Waals surface area contributed by atoms with Crippen molar-refractivity contribution >= 4 is 34.7 Å². The lowest BCUT2D eigenvalue weighted by Crippen LogP contribution is -2.38. The Morgan fingerprint density at radius 3 is 2.78 bits per heavy atom. The first-order valence-corrected chi connectivity index (χ1v) is 13.4. The fraction of sp³-hybridized carbons (Fsp3) is 0.481. The molecule has 36 heavy (non-hydrogen) atoms. The summed E-state index contributed by atoms with van der Waals surface area (Å²) in [5, 5.41) is 5.66. The molecule has 1 aromatic carbocycles. The van der Waals surface area contributed by atoms with Gasteiger partial charge >= 0.3 is 5.97 Å². The van der Waals surface area contributed by atoms with Crippen LogP contribution < -0.4 is 5.32 Å². The summed E-state index contributed by atoms with van der Waals surface area (Å²) in [5.74, 6) is -0.297. The number of amidine groups is 1. The van der Waals surface area contributed by atoms with Crippen molar-refractivity contribution in [1.82, 2.24) is 15.1 Å². The smallest absolute Gasteiger partial charge is 0.338 e. The highest BCUT2D eigenvalue weighted by Gasteiger charge is 2.41. The molecule has 192 valence electrons. The van der Waals surface area contributed by atoms with Gasteiger partial charge in [-0.05, 0) is 51.5 Å². The van der Waals surface area contributed by atoms with Crippen LogP contribution >= 0.6 is 11.8 Å². The molecule has 9 heteroatoms. The number of carbonyl (C=O) groups is 3. The lowest BCUT2D eigenvalue weighted by Gasteiger charge is -2.36. The molecule has 3 aliphatic heterocycles. The van der Waals surface area contributed by atoms with E-state index in [4.69, 9.17) is 9.73 Å². The number of rotatable bonds is 9. The van der Waals surface area contributed by atoms with E-state index in [-0.39, 0.29) is 24.3 Å². The second-order valence-electron chi connectivity index (χ2n) is 9.63. The number of benzene rings is 1. The van der Waals surface area contributed by atoms with E-state index in [9.17, 15) is 14.4 Å². The molecule has 0 aromatic heterocycles. The molecule has 3 heterocycles. The number of likely N-dealkylation sites (tertiary alicyclic amines) is 1. The number of ether oxygens (including phenoxy) is 1. The quantitative estimate of drug-likeness (QED) is 0.398. The molecule has 0 saturated carbocycles. The molecule has 1 saturated heterocycles. The summed E-state index contributed by atoms with van der Waals surface area (Å²) in [4.78, 5) is 46.4. The number of hydrogen-bond donors (Lipinski definition) is 1. The lowest BCUT2D eigenvalue weighted by molar-refractivity contribution is -0.143. The van der Waals surface area contributed by atoms with Crippen LogP contribution in [0.1, 0.15) is 63.6 Å². The standard InChI is InChI=1S/C27H34N4O4S/c1-17(2)35-26(34)24-19(4)29-27-31(25(24)20-9-5-8-18(3)14-20)21(16-36-27)15-22(32)28-11-7-13-30-12-6-10-23(30)33/h5,8-9,14,16-17,25H,6-7,10-13,15H2,1-4H3,(H,28,32)/t25-/m0/s1. The minimum atomic E-state index is -0.432. The van der Waals surface area contributed by atoms with E-state index in [0.717, 1.165) is 41.4 Å². The number of carbonyl (C=O) groups excluding carboxylic acids is 3. The number of hydrogen-bond acceptors (Lipinski definition) is 7. The fourth-order valence-corrected chi connectivity index (χ4v) is 5.69. The van der Waals surface area contributed by atoms with Crippen molar-refractivity contribution < 1.29 is 19.1 Å². The Kier molecular flexibility index (Phi) is 8.18. The highest BCUT2D eigenvalue weighted by atomic mass is 32.2. The van der Waals surface area contributed by atoms with Crippen LogP contribution in [-0.2, 0) is 19.1 Å². The molecular weight excluding hydrogens is 476 g/mol. The number of amides is 2. The van der Waals surface area contributed by atoms with Crippen LogP contribution in [0.25, 0.3) is 0 Å². The van der Waals surface area contributed by atoms with Gasteiger partial charge in [-0.1, -0.05) is 41.6 Å². The summed E-state index contributed by atoms with van der Waals surface area (Å²) >= 11 is 1.46. The third kappa shape index (κ3) is 5.83. The number of thioether (sulfide) groups is 1. The second-order valence-corrected chi connectivity index (χ2v) is 10.5. The number of nitrogens with one attached hydrogen (secondary N) is 1. The van der Waals surface area contributed by atoms with Crippen molar-refractivity contribution in [1.29, 1.82) is 0 Å². The van der Waals surface area contributed by atoms with Crippen molar-refractivity contribution in [2.45, 2.75) is 65.5 Å². The van der Waals surface area contributed by atoms with Crippen LogP contribution in [0.3, 0.4) is 0 Å². The van der Waals surface area contributed by atoms with Crippen LogP contribution in [0.4, 0.5) is 0 Å². The van der Waals surface area contributed by atoms with E-state index >= 15 is 0 Å². The average molecular weight is 511 g/mol. The van der Waals surface area contributed by atoms with Gasteiger partial charge in [0.25, 0.3) is 0 Å². The maximum Gasteiger partial charge on any atom is 0.338 e. The van der Waals surface area contributed by atoms with Crippen LogP contribution in [0.2, 0.25) is 0 Å². The zero-order valence-electron chi connectivity index (χ0n) is 21.4. The zero-order valence-corrected chi connectivity index (χ0v) is 22.2. The maximum atomic E-state index is 13.2. The molecule has 0 bridgehead atoms. The SMILES string of the molecule is CC1=C(C(=O)OC(C)C)[C@H](c2cccc(C)c2)N2C(CC(=O)NCCCN3CCCC3=O)=CSC2=N1. The van der Waals surface area contributed by atoms with Crippen molar-refractivity contribution in [3.63, 3.8) is 0 Å². The molecule has 8 nitrogen and oxygen atoms in total. The number of nitrogens with zero attached hydrogens (tertiary/aromatic N) is 3. The van der Waals surface area contributed by atoms with Crippen molar-refractivity contribution in [2.24, 2.45) is 4.99 Å². The van der Waals surface area contributed by atoms with Gasteiger partial charge in [0.15, 0.2) is 5.17 Å².